The predicted molar refractivity (Wildman–Crippen MR) is 83.3 cm³/mol. The van der Waals surface area contributed by atoms with E-state index in [1.165, 1.54) is 38.5 Å². The van der Waals surface area contributed by atoms with E-state index in [-0.39, 0.29) is 11.9 Å². The number of fused-ring (bicyclic) bond motifs is 2. The number of methoxy groups -OCH3 is 1. The molecule has 2 aliphatic heterocycles. The van der Waals surface area contributed by atoms with Crippen molar-refractivity contribution < 1.29 is 9.53 Å². The first-order chi connectivity index (χ1) is 9.19. The first kappa shape index (κ1) is 14.1. The molecule has 2 saturated heterocycles. The maximum absolute atomic E-state index is 12.2. The van der Waals surface area contributed by atoms with Crippen LogP contribution in [0.3, 0.4) is 0 Å². The van der Waals surface area contributed by atoms with E-state index in [2.05, 4.69) is 27.9 Å². The third-order valence-corrected chi connectivity index (χ3v) is 6.75. The SMILES string of the molecule is COC(=O)C1C2CCC(C[C@@H]1C1CCC(I)CC1)N2. The average Bonchev–Trinajstić information content (AvgIpc) is 2.80. The van der Waals surface area contributed by atoms with Crippen LogP contribution in [0.5, 0.6) is 0 Å². The minimum absolute atomic E-state index is 0.0273. The molecule has 0 spiro atoms. The Bertz CT molecular complexity index is 341. The van der Waals surface area contributed by atoms with Gasteiger partial charge in [0.1, 0.15) is 0 Å². The fourth-order valence-electron chi connectivity index (χ4n) is 4.56. The zero-order valence-corrected chi connectivity index (χ0v) is 13.8. The van der Waals surface area contributed by atoms with Crippen LogP contribution in [-0.4, -0.2) is 29.1 Å². The summed E-state index contributed by atoms with van der Waals surface area (Å²) in [4.78, 5) is 12.2. The van der Waals surface area contributed by atoms with Crippen LogP contribution >= 0.6 is 22.6 Å². The Morgan fingerprint density at radius 1 is 1.16 bits per heavy atom. The molecular formula is C15H24INO2. The highest BCUT2D eigenvalue weighted by molar-refractivity contribution is 14.1. The van der Waals surface area contributed by atoms with Gasteiger partial charge in [-0.25, -0.2) is 0 Å². The summed E-state index contributed by atoms with van der Waals surface area (Å²) in [7, 11) is 1.54. The van der Waals surface area contributed by atoms with Gasteiger partial charge < -0.3 is 10.1 Å². The Balaban J connectivity index is 1.75. The Morgan fingerprint density at radius 3 is 2.58 bits per heavy atom. The number of carbonyl (C=O) groups excluding carboxylic acids is 1. The molecule has 3 nitrogen and oxygen atoms in total. The van der Waals surface area contributed by atoms with Crippen LogP contribution in [0.25, 0.3) is 0 Å². The van der Waals surface area contributed by atoms with Gasteiger partial charge in [0, 0.05) is 16.0 Å². The van der Waals surface area contributed by atoms with Gasteiger partial charge in [0.2, 0.25) is 0 Å². The number of hydrogen-bond donors (Lipinski definition) is 1. The lowest BCUT2D eigenvalue weighted by Gasteiger charge is -2.42. The lowest BCUT2D eigenvalue weighted by molar-refractivity contribution is -0.151. The molecule has 3 rings (SSSR count). The monoisotopic (exact) mass is 377 g/mol. The molecule has 0 aromatic carbocycles. The first-order valence-electron chi connectivity index (χ1n) is 7.67. The van der Waals surface area contributed by atoms with Gasteiger partial charge in [0.15, 0.2) is 0 Å². The van der Waals surface area contributed by atoms with Crippen LogP contribution in [-0.2, 0) is 9.53 Å². The Kier molecular flexibility index (Phi) is 4.37. The van der Waals surface area contributed by atoms with Crippen molar-refractivity contribution in [2.24, 2.45) is 17.8 Å². The van der Waals surface area contributed by atoms with Crippen molar-refractivity contribution in [2.75, 3.05) is 7.11 Å². The maximum atomic E-state index is 12.2. The number of ether oxygens (including phenoxy) is 1. The third kappa shape index (κ3) is 2.80. The van der Waals surface area contributed by atoms with Crippen LogP contribution in [0.4, 0.5) is 0 Å². The molecule has 0 aromatic rings. The van der Waals surface area contributed by atoms with E-state index < -0.39 is 0 Å². The van der Waals surface area contributed by atoms with Crippen molar-refractivity contribution >= 4 is 28.6 Å². The van der Waals surface area contributed by atoms with Gasteiger partial charge in [-0.1, -0.05) is 22.6 Å². The van der Waals surface area contributed by atoms with Crippen molar-refractivity contribution in [3.05, 3.63) is 0 Å². The zero-order valence-electron chi connectivity index (χ0n) is 11.6. The van der Waals surface area contributed by atoms with Crippen molar-refractivity contribution in [2.45, 2.75) is 61.0 Å². The van der Waals surface area contributed by atoms with Gasteiger partial charge in [0.25, 0.3) is 0 Å². The molecule has 3 fully saturated rings. The minimum atomic E-state index is 0.0273. The normalized spacial score (nSPS) is 46.0. The van der Waals surface area contributed by atoms with E-state index in [4.69, 9.17) is 4.74 Å². The molecule has 3 unspecified atom stereocenters. The van der Waals surface area contributed by atoms with E-state index in [1.54, 1.807) is 7.11 Å². The molecule has 0 radical (unpaired) electrons. The zero-order chi connectivity index (χ0) is 13.4. The van der Waals surface area contributed by atoms with Crippen LogP contribution in [0.2, 0.25) is 0 Å². The highest BCUT2D eigenvalue weighted by Crippen LogP contribution is 2.45. The molecule has 2 heterocycles. The smallest absolute Gasteiger partial charge is 0.310 e. The second kappa shape index (κ2) is 5.88. The molecule has 4 atom stereocenters. The summed E-state index contributed by atoms with van der Waals surface area (Å²) in [6.45, 7) is 0. The summed E-state index contributed by atoms with van der Waals surface area (Å²) in [6, 6.07) is 1.04. The largest absolute Gasteiger partial charge is 0.469 e. The highest BCUT2D eigenvalue weighted by Gasteiger charge is 2.48. The fourth-order valence-corrected chi connectivity index (χ4v) is 5.28. The molecule has 2 bridgehead atoms. The first-order valence-corrected chi connectivity index (χ1v) is 8.91. The molecule has 19 heavy (non-hydrogen) atoms. The van der Waals surface area contributed by atoms with E-state index >= 15 is 0 Å². The molecule has 3 aliphatic rings. The van der Waals surface area contributed by atoms with Gasteiger partial charge in [0.05, 0.1) is 13.0 Å². The molecule has 0 amide bonds. The van der Waals surface area contributed by atoms with Crippen LogP contribution in [0, 0.1) is 17.8 Å². The lowest BCUT2D eigenvalue weighted by Crippen LogP contribution is -2.51. The van der Waals surface area contributed by atoms with Gasteiger partial charge in [-0.15, -0.1) is 0 Å². The maximum Gasteiger partial charge on any atom is 0.310 e. The molecular weight excluding hydrogens is 353 g/mol. The number of halogens is 1. The third-order valence-electron chi connectivity index (χ3n) is 5.51. The summed E-state index contributed by atoms with van der Waals surface area (Å²) >= 11 is 2.58. The van der Waals surface area contributed by atoms with Crippen molar-refractivity contribution in [1.29, 1.82) is 0 Å². The van der Waals surface area contributed by atoms with Gasteiger partial charge >= 0.3 is 5.97 Å². The molecule has 1 aliphatic carbocycles. The number of carbonyl (C=O) groups is 1. The molecule has 1 saturated carbocycles. The summed E-state index contributed by atoms with van der Waals surface area (Å²) in [5.74, 6) is 1.45. The van der Waals surface area contributed by atoms with E-state index in [1.807, 2.05) is 0 Å². The van der Waals surface area contributed by atoms with E-state index in [9.17, 15) is 4.79 Å². The summed E-state index contributed by atoms with van der Waals surface area (Å²) < 4.78 is 5.95. The predicted octanol–water partition coefficient (Wildman–Crippen LogP) is 2.91. The number of nitrogens with one attached hydrogen (secondary N) is 1. The van der Waals surface area contributed by atoms with Gasteiger partial charge in [-0.3, -0.25) is 4.79 Å². The second-order valence-corrected chi connectivity index (χ2v) is 8.27. The number of alkyl halides is 1. The van der Waals surface area contributed by atoms with E-state index in [0.717, 1.165) is 16.3 Å². The molecule has 0 aromatic heterocycles. The van der Waals surface area contributed by atoms with Gasteiger partial charge in [-0.2, -0.15) is 0 Å². The van der Waals surface area contributed by atoms with Crippen molar-refractivity contribution in [3.8, 4) is 0 Å². The Hall–Kier alpha value is 0.160. The Morgan fingerprint density at radius 2 is 1.89 bits per heavy atom. The second-order valence-electron chi connectivity index (χ2n) is 6.51. The molecule has 1 N–H and O–H groups in total. The molecule has 108 valence electrons. The number of esters is 1. The molecule has 4 heteroatoms. The van der Waals surface area contributed by atoms with Crippen LogP contribution in [0.15, 0.2) is 0 Å². The summed E-state index contributed by atoms with van der Waals surface area (Å²) in [5, 5.41) is 3.63. The Labute approximate surface area is 129 Å². The fraction of sp³-hybridized carbons (Fsp3) is 0.933. The average molecular weight is 377 g/mol. The van der Waals surface area contributed by atoms with Crippen molar-refractivity contribution in [3.63, 3.8) is 0 Å². The number of hydrogen-bond acceptors (Lipinski definition) is 3. The van der Waals surface area contributed by atoms with E-state index in [0.29, 0.717) is 18.0 Å². The highest BCUT2D eigenvalue weighted by atomic mass is 127. The summed E-state index contributed by atoms with van der Waals surface area (Å²) in [5.41, 5.74) is 0. The van der Waals surface area contributed by atoms with Crippen molar-refractivity contribution in [1.82, 2.24) is 5.32 Å². The minimum Gasteiger partial charge on any atom is -0.469 e. The quantitative estimate of drug-likeness (QED) is 0.457. The number of rotatable bonds is 2. The number of piperidine rings is 1. The van der Waals surface area contributed by atoms with Crippen LogP contribution in [0.1, 0.15) is 44.9 Å². The lowest BCUT2D eigenvalue weighted by atomic mass is 9.69. The summed E-state index contributed by atoms with van der Waals surface area (Å²) in [6.07, 6.45) is 8.87. The van der Waals surface area contributed by atoms with Crippen LogP contribution < -0.4 is 5.32 Å². The van der Waals surface area contributed by atoms with Gasteiger partial charge in [-0.05, 0) is 56.8 Å². The topological polar surface area (TPSA) is 38.3 Å². The standard InChI is InChI=1S/C15H24INO2/c1-19-15(18)14-12(8-11-6-7-13(14)17-11)9-2-4-10(16)5-3-9/h9-14,17H,2-8H2,1H3/t9?,10?,11?,12-,13?,14?/m1/s1.